The Balaban J connectivity index is 1.85. The van der Waals surface area contributed by atoms with Gasteiger partial charge >= 0.3 is 0 Å². The molecule has 0 saturated carbocycles. The minimum Gasteiger partial charge on any atom is -0.495 e. The monoisotopic (exact) mass is 645 g/mol. The molecule has 0 saturated heterocycles. The second-order valence-corrected chi connectivity index (χ2v) is 13.3. The minimum atomic E-state index is -4.31. The minimum absolute atomic E-state index is 0.0254. The van der Waals surface area contributed by atoms with Gasteiger partial charge in [0.05, 0.1) is 17.7 Å². The first-order valence-corrected chi connectivity index (χ1v) is 16.5. The van der Waals surface area contributed by atoms with Gasteiger partial charge in [-0.2, -0.15) is 0 Å². The predicted molar refractivity (Wildman–Crippen MR) is 177 cm³/mol. The van der Waals surface area contributed by atoms with Gasteiger partial charge in [0.1, 0.15) is 24.2 Å². The van der Waals surface area contributed by atoms with E-state index < -0.39 is 40.2 Å². The third kappa shape index (κ3) is 8.51. The Hall–Kier alpha value is -4.70. The topological polar surface area (TPSA) is 96.0 Å². The summed E-state index contributed by atoms with van der Waals surface area (Å²) in [5, 5.41) is 2.93. The lowest BCUT2D eigenvalue weighted by molar-refractivity contribution is -0.140. The van der Waals surface area contributed by atoms with Gasteiger partial charge in [-0.15, -0.1) is 0 Å². The molecule has 242 valence electrons. The smallest absolute Gasteiger partial charge is 0.264 e. The van der Waals surface area contributed by atoms with Crippen molar-refractivity contribution in [1.29, 1.82) is 0 Å². The zero-order valence-electron chi connectivity index (χ0n) is 26.5. The van der Waals surface area contributed by atoms with Gasteiger partial charge in [-0.3, -0.25) is 13.9 Å². The predicted octanol–water partition coefficient (Wildman–Crippen LogP) is 5.75. The zero-order valence-corrected chi connectivity index (χ0v) is 27.3. The molecule has 10 heteroatoms. The van der Waals surface area contributed by atoms with Crippen LogP contribution in [0.25, 0.3) is 0 Å². The first-order chi connectivity index (χ1) is 22.0. The molecule has 0 spiro atoms. The van der Waals surface area contributed by atoms with Crippen LogP contribution in [-0.4, -0.2) is 51.4 Å². The lowest BCUT2D eigenvalue weighted by Gasteiger charge is -2.34. The van der Waals surface area contributed by atoms with Gasteiger partial charge < -0.3 is 15.0 Å². The number of amides is 2. The number of rotatable bonds is 14. The summed E-state index contributed by atoms with van der Waals surface area (Å²) in [7, 11) is -2.89. The van der Waals surface area contributed by atoms with Crippen molar-refractivity contribution in [1.82, 2.24) is 10.2 Å². The number of sulfonamides is 1. The van der Waals surface area contributed by atoms with E-state index in [4.69, 9.17) is 4.74 Å². The van der Waals surface area contributed by atoms with Crippen LogP contribution >= 0.6 is 0 Å². The Bertz CT molecular complexity index is 1730. The van der Waals surface area contributed by atoms with Crippen LogP contribution in [0.2, 0.25) is 0 Å². The van der Waals surface area contributed by atoms with Crippen molar-refractivity contribution in [2.45, 2.75) is 44.7 Å². The second-order valence-electron chi connectivity index (χ2n) is 11.5. The van der Waals surface area contributed by atoms with Crippen LogP contribution in [0.1, 0.15) is 30.5 Å². The number of nitrogens with one attached hydrogen (secondary N) is 1. The van der Waals surface area contributed by atoms with Crippen molar-refractivity contribution in [3.63, 3.8) is 0 Å². The Morgan fingerprint density at radius 3 is 2.15 bits per heavy atom. The maximum absolute atomic E-state index is 15.1. The number of methoxy groups -OCH3 is 1. The highest BCUT2D eigenvalue weighted by Gasteiger charge is 2.36. The van der Waals surface area contributed by atoms with Crippen molar-refractivity contribution < 1.29 is 27.1 Å². The van der Waals surface area contributed by atoms with E-state index in [0.29, 0.717) is 6.54 Å². The number of anilines is 1. The molecule has 46 heavy (non-hydrogen) atoms. The third-order valence-electron chi connectivity index (χ3n) is 7.47. The number of carbonyl (C=O) groups excluding carboxylic acids is 2. The standard InChI is InChI=1S/C36H40FN3O5S/c1-26(2)23-38-36(42)33(22-28-13-7-5-8-14-28)39(24-29-15-11-12-18-31(29)37)35(41)25-40(32-21-27(3)19-20-34(32)45-4)46(43,44)30-16-9-6-10-17-30/h5-21,26,33H,22-25H2,1-4H3,(H,38,42). The summed E-state index contributed by atoms with van der Waals surface area (Å²) in [6.07, 6.45) is 0.129. The van der Waals surface area contributed by atoms with Gasteiger partial charge in [0.25, 0.3) is 10.0 Å². The molecule has 0 aromatic heterocycles. The summed E-state index contributed by atoms with van der Waals surface area (Å²) in [5.41, 5.74) is 1.88. The SMILES string of the molecule is COc1ccc(C)cc1N(CC(=O)N(Cc1ccccc1F)C(Cc1ccccc1)C(=O)NCC(C)C)S(=O)(=O)c1ccccc1. The number of ether oxygens (including phenoxy) is 1. The maximum atomic E-state index is 15.1. The Morgan fingerprint density at radius 1 is 0.891 bits per heavy atom. The lowest BCUT2D eigenvalue weighted by atomic mass is 10.0. The summed E-state index contributed by atoms with van der Waals surface area (Å²) in [6, 6.07) is 27.0. The molecule has 0 bridgehead atoms. The number of halogens is 1. The van der Waals surface area contributed by atoms with Gasteiger partial charge in [-0.05, 0) is 54.3 Å². The molecule has 1 N–H and O–H groups in total. The number of carbonyl (C=O) groups is 2. The third-order valence-corrected chi connectivity index (χ3v) is 9.24. The first-order valence-electron chi connectivity index (χ1n) is 15.1. The average molecular weight is 646 g/mol. The van der Waals surface area contributed by atoms with E-state index in [-0.39, 0.29) is 40.8 Å². The average Bonchev–Trinajstić information content (AvgIpc) is 3.05. The molecule has 0 fully saturated rings. The van der Waals surface area contributed by atoms with Crippen LogP contribution in [-0.2, 0) is 32.6 Å². The molecule has 1 atom stereocenters. The normalized spacial score (nSPS) is 12.0. The van der Waals surface area contributed by atoms with Gasteiger partial charge in [0.2, 0.25) is 11.8 Å². The number of benzene rings is 4. The van der Waals surface area contributed by atoms with Crippen molar-refractivity contribution in [3.8, 4) is 5.75 Å². The lowest BCUT2D eigenvalue weighted by Crippen LogP contribution is -2.54. The number of nitrogens with zero attached hydrogens (tertiary/aromatic N) is 2. The van der Waals surface area contributed by atoms with Gasteiger partial charge in [0, 0.05) is 25.1 Å². The van der Waals surface area contributed by atoms with Crippen molar-refractivity contribution in [2.75, 3.05) is 24.5 Å². The van der Waals surface area contributed by atoms with E-state index in [9.17, 15) is 18.0 Å². The fraction of sp³-hybridized carbons (Fsp3) is 0.278. The number of hydrogen-bond acceptors (Lipinski definition) is 5. The molecule has 0 aliphatic carbocycles. The summed E-state index contributed by atoms with van der Waals surface area (Å²) in [6.45, 7) is 5.14. The van der Waals surface area contributed by atoms with E-state index in [0.717, 1.165) is 15.4 Å². The molecule has 2 amide bonds. The molecule has 4 aromatic carbocycles. The van der Waals surface area contributed by atoms with Crippen molar-refractivity contribution >= 4 is 27.5 Å². The summed E-state index contributed by atoms with van der Waals surface area (Å²) in [4.78, 5) is 29.6. The second kappa shape index (κ2) is 15.5. The van der Waals surface area contributed by atoms with Crippen LogP contribution in [0.4, 0.5) is 10.1 Å². The van der Waals surface area contributed by atoms with Crippen LogP contribution in [0.5, 0.6) is 5.75 Å². The van der Waals surface area contributed by atoms with Crippen molar-refractivity contribution in [2.24, 2.45) is 5.92 Å². The van der Waals surface area contributed by atoms with Gasteiger partial charge in [-0.25, -0.2) is 12.8 Å². The molecule has 0 radical (unpaired) electrons. The highest BCUT2D eigenvalue weighted by Crippen LogP contribution is 2.34. The molecule has 0 heterocycles. The molecule has 0 aliphatic heterocycles. The summed E-state index contributed by atoms with van der Waals surface area (Å²) < 4.78 is 50.0. The van der Waals surface area contributed by atoms with Crippen LogP contribution in [0, 0.1) is 18.7 Å². The Kier molecular flexibility index (Phi) is 11.5. The molecule has 0 aliphatic rings. The van der Waals surface area contributed by atoms with Crippen LogP contribution < -0.4 is 14.4 Å². The number of hydrogen-bond donors (Lipinski definition) is 1. The number of aryl methyl sites for hydroxylation is 1. The van der Waals surface area contributed by atoms with Crippen LogP contribution in [0.15, 0.2) is 108 Å². The Morgan fingerprint density at radius 2 is 1.52 bits per heavy atom. The highest BCUT2D eigenvalue weighted by atomic mass is 32.2. The van der Waals surface area contributed by atoms with Gasteiger partial charge in [-0.1, -0.05) is 86.6 Å². The largest absolute Gasteiger partial charge is 0.495 e. The van der Waals surface area contributed by atoms with E-state index in [1.165, 1.54) is 30.2 Å². The van der Waals surface area contributed by atoms with Gasteiger partial charge in [0.15, 0.2) is 0 Å². The molecular weight excluding hydrogens is 605 g/mol. The zero-order chi connectivity index (χ0) is 33.3. The summed E-state index contributed by atoms with van der Waals surface area (Å²) in [5.74, 6) is -1.28. The molecule has 4 rings (SSSR count). The maximum Gasteiger partial charge on any atom is 0.264 e. The Labute approximate surface area is 270 Å². The first kappa shape index (κ1) is 34.2. The fourth-order valence-corrected chi connectivity index (χ4v) is 6.45. The molecule has 4 aromatic rings. The van der Waals surface area contributed by atoms with Crippen molar-refractivity contribution in [3.05, 3.63) is 126 Å². The van der Waals surface area contributed by atoms with Crippen LogP contribution in [0.3, 0.4) is 0 Å². The molecule has 8 nitrogen and oxygen atoms in total. The fourth-order valence-electron chi connectivity index (χ4n) is 5.01. The summed E-state index contributed by atoms with van der Waals surface area (Å²) >= 11 is 0. The van der Waals surface area contributed by atoms with E-state index >= 15 is 4.39 Å². The highest BCUT2D eigenvalue weighted by molar-refractivity contribution is 7.92. The molecular formula is C36H40FN3O5S. The van der Waals surface area contributed by atoms with E-state index in [1.807, 2.05) is 44.2 Å². The quantitative estimate of drug-likeness (QED) is 0.189. The van der Waals surface area contributed by atoms with E-state index in [2.05, 4.69) is 5.32 Å². The molecule has 1 unspecified atom stereocenters. The van der Waals surface area contributed by atoms with E-state index in [1.54, 1.807) is 61.5 Å².